The molecule has 0 fully saturated rings. The van der Waals surface area contributed by atoms with Crippen LogP contribution in [0.2, 0.25) is 0 Å². The van der Waals surface area contributed by atoms with Crippen LogP contribution < -0.4 is 0 Å². The van der Waals surface area contributed by atoms with Gasteiger partial charge in [0.25, 0.3) is 0 Å². The molecule has 1 aromatic heterocycles. The minimum atomic E-state index is -0.436. The van der Waals surface area contributed by atoms with Gasteiger partial charge in [0, 0.05) is 12.1 Å². The standard InChI is InChI=1S/C20H21NO4/c1-2-25-20(24)17-11-15-9-6-10-16(13-22)19(23)18(15)21(17)12-14-7-4-3-5-8-14/h3-5,7-8,11,13,22H,2,6,9-10,12H2,1H3/b16-13+. The lowest BCUT2D eigenvalue weighted by Crippen LogP contribution is -2.18. The van der Waals surface area contributed by atoms with Gasteiger partial charge in [0.1, 0.15) is 5.69 Å². The number of hydrogen-bond donors (Lipinski definition) is 1. The number of carbonyl (C=O) groups excluding carboxylic acids is 2. The van der Waals surface area contributed by atoms with E-state index < -0.39 is 5.97 Å². The highest BCUT2D eigenvalue weighted by Gasteiger charge is 2.29. The van der Waals surface area contributed by atoms with Gasteiger partial charge in [-0.1, -0.05) is 30.3 Å². The maximum absolute atomic E-state index is 12.9. The highest BCUT2D eigenvalue weighted by Crippen LogP contribution is 2.28. The largest absolute Gasteiger partial charge is 0.515 e. The van der Waals surface area contributed by atoms with Crippen LogP contribution in [0.25, 0.3) is 0 Å². The second-order valence-corrected chi connectivity index (χ2v) is 6.03. The van der Waals surface area contributed by atoms with Crippen molar-refractivity contribution < 1.29 is 19.4 Å². The number of Topliss-reactive ketones (excluding diaryl/α,β-unsaturated/α-hetero) is 1. The van der Waals surface area contributed by atoms with Crippen LogP contribution in [0.3, 0.4) is 0 Å². The average molecular weight is 339 g/mol. The average Bonchev–Trinajstić information content (AvgIpc) is 2.89. The van der Waals surface area contributed by atoms with Crippen LogP contribution in [-0.2, 0) is 17.7 Å². The number of benzene rings is 1. The molecule has 5 nitrogen and oxygen atoms in total. The highest BCUT2D eigenvalue weighted by atomic mass is 16.5. The summed E-state index contributed by atoms with van der Waals surface area (Å²) in [7, 11) is 0. The molecule has 3 rings (SSSR count). The number of fused-ring (bicyclic) bond motifs is 1. The summed E-state index contributed by atoms with van der Waals surface area (Å²) in [5, 5.41) is 9.41. The Hall–Kier alpha value is -2.82. The highest BCUT2D eigenvalue weighted by molar-refractivity contribution is 6.10. The molecule has 1 aromatic carbocycles. The molecule has 1 N–H and O–H groups in total. The maximum atomic E-state index is 12.9. The van der Waals surface area contributed by atoms with Crippen molar-refractivity contribution in [3.63, 3.8) is 0 Å². The van der Waals surface area contributed by atoms with Crippen molar-refractivity contribution in [2.45, 2.75) is 32.7 Å². The van der Waals surface area contributed by atoms with E-state index in [1.807, 2.05) is 30.3 Å². The normalized spacial score (nSPS) is 15.7. The molecule has 0 bridgehead atoms. The van der Waals surface area contributed by atoms with E-state index in [4.69, 9.17) is 4.74 Å². The van der Waals surface area contributed by atoms with Gasteiger partial charge in [-0.3, -0.25) is 4.79 Å². The van der Waals surface area contributed by atoms with Gasteiger partial charge < -0.3 is 14.4 Å². The van der Waals surface area contributed by atoms with Gasteiger partial charge in [0.05, 0.1) is 18.6 Å². The Labute approximate surface area is 146 Å². The number of rotatable bonds is 4. The molecule has 0 unspecified atom stereocenters. The van der Waals surface area contributed by atoms with Gasteiger partial charge in [-0.25, -0.2) is 4.79 Å². The minimum Gasteiger partial charge on any atom is -0.515 e. The zero-order chi connectivity index (χ0) is 17.8. The van der Waals surface area contributed by atoms with E-state index >= 15 is 0 Å². The van der Waals surface area contributed by atoms with Crippen LogP contribution >= 0.6 is 0 Å². The van der Waals surface area contributed by atoms with Crippen LogP contribution in [0.15, 0.2) is 48.2 Å². The number of aliphatic hydroxyl groups excluding tert-OH is 1. The van der Waals surface area contributed by atoms with Gasteiger partial charge >= 0.3 is 5.97 Å². The fourth-order valence-electron chi connectivity index (χ4n) is 3.23. The fraction of sp³-hybridized carbons (Fsp3) is 0.300. The zero-order valence-electron chi connectivity index (χ0n) is 14.2. The van der Waals surface area contributed by atoms with Crippen molar-refractivity contribution in [1.29, 1.82) is 0 Å². The maximum Gasteiger partial charge on any atom is 0.354 e. The number of aryl methyl sites for hydroxylation is 1. The Morgan fingerprint density at radius 2 is 2.04 bits per heavy atom. The summed E-state index contributed by atoms with van der Waals surface area (Å²) in [6.07, 6.45) is 2.86. The first-order chi connectivity index (χ1) is 12.2. The number of nitrogens with zero attached hydrogens (tertiary/aromatic N) is 1. The van der Waals surface area contributed by atoms with Crippen molar-refractivity contribution in [3.05, 3.63) is 70.7 Å². The number of aliphatic hydroxyl groups is 1. The van der Waals surface area contributed by atoms with Crippen LogP contribution in [0.4, 0.5) is 0 Å². The quantitative estimate of drug-likeness (QED) is 0.399. The third-order valence-electron chi connectivity index (χ3n) is 4.40. The zero-order valence-corrected chi connectivity index (χ0v) is 14.2. The topological polar surface area (TPSA) is 68.5 Å². The summed E-state index contributed by atoms with van der Waals surface area (Å²) in [4.78, 5) is 25.3. The molecule has 1 aliphatic rings. The summed E-state index contributed by atoms with van der Waals surface area (Å²) in [5.74, 6) is -0.657. The lowest BCUT2D eigenvalue weighted by molar-refractivity contribution is 0.0514. The van der Waals surface area contributed by atoms with Gasteiger partial charge in [-0.2, -0.15) is 0 Å². The summed E-state index contributed by atoms with van der Waals surface area (Å²) < 4.78 is 6.89. The number of hydrogen-bond acceptors (Lipinski definition) is 4. The van der Waals surface area contributed by atoms with Crippen molar-refractivity contribution in [2.24, 2.45) is 0 Å². The molecule has 2 aromatic rings. The molecular weight excluding hydrogens is 318 g/mol. The monoisotopic (exact) mass is 339 g/mol. The first-order valence-corrected chi connectivity index (χ1v) is 8.47. The van der Waals surface area contributed by atoms with Gasteiger partial charge in [-0.15, -0.1) is 0 Å². The number of ketones is 1. The number of carbonyl (C=O) groups is 2. The summed E-state index contributed by atoms with van der Waals surface area (Å²) in [5.41, 5.74) is 3.05. The first-order valence-electron chi connectivity index (χ1n) is 8.47. The molecule has 0 atom stereocenters. The molecule has 0 saturated carbocycles. The van der Waals surface area contributed by atoms with Crippen molar-refractivity contribution in [3.8, 4) is 0 Å². The summed E-state index contributed by atoms with van der Waals surface area (Å²) in [6, 6.07) is 11.4. The van der Waals surface area contributed by atoms with Crippen LogP contribution in [0, 0.1) is 0 Å². The van der Waals surface area contributed by atoms with E-state index in [2.05, 4.69) is 0 Å². The van der Waals surface area contributed by atoms with E-state index in [9.17, 15) is 14.7 Å². The molecule has 1 aliphatic carbocycles. The second-order valence-electron chi connectivity index (χ2n) is 6.03. The molecule has 25 heavy (non-hydrogen) atoms. The predicted octanol–water partition coefficient (Wildman–Crippen LogP) is 3.67. The summed E-state index contributed by atoms with van der Waals surface area (Å²) >= 11 is 0. The lowest BCUT2D eigenvalue weighted by atomic mass is 10.1. The second kappa shape index (κ2) is 7.38. The fourth-order valence-corrected chi connectivity index (χ4v) is 3.23. The third kappa shape index (κ3) is 3.36. The van der Waals surface area contributed by atoms with Crippen molar-refractivity contribution >= 4 is 11.8 Å². The van der Waals surface area contributed by atoms with E-state index in [0.717, 1.165) is 23.8 Å². The Balaban J connectivity index is 2.13. The molecule has 0 radical (unpaired) electrons. The Morgan fingerprint density at radius 3 is 2.72 bits per heavy atom. The van der Waals surface area contributed by atoms with E-state index in [0.29, 0.717) is 36.3 Å². The minimum absolute atomic E-state index is 0.221. The van der Waals surface area contributed by atoms with Crippen LogP contribution in [-0.4, -0.2) is 28.0 Å². The predicted molar refractivity (Wildman–Crippen MR) is 93.9 cm³/mol. The number of allylic oxidation sites excluding steroid dienone is 1. The van der Waals surface area contributed by atoms with Gasteiger partial charge in [0.2, 0.25) is 5.78 Å². The Morgan fingerprint density at radius 1 is 1.28 bits per heavy atom. The Bertz CT molecular complexity index is 818. The molecular formula is C20H21NO4. The molecule has 1 heterocycles. The van der Waals surface area contributed by atoms with Crippen molar-refractivity contribution in [1.82, 2.24) is 4.57 Å². The number of esters is 1. The lowest BCUT2D eigenvalue weighted by Gasteiger charge is -2.13. The van der Waals surface area contributed by atoms with Gasteiger partial charge in [0.15, 0.2) is 0 Å². The van der Waals surface area contributed by atoms with Crippen LogP contribution in [0.5, 0.6) is 0 Å². The number of ether oxygens (including phenoxy) is 1. The molecule has 130 valence electrons. The van der Waals surface area contributed by atoms with E-state index in [1.54, 1.807) is 17.6 Å². The third-order valence-corrected chi connectivity index (χ3v) is 4.40. The SMILES string of the molecule is CCOC(=O)c1cc2c(n1Cc1ccccc1)C(=O)/C(=C/O)CCC2. The van der Waals surface area contributed by atoms with Gasteiger partial charge in [-0.05, 0) is 43.4 Å². The van der Waals surface area contributed by atoms with Crippen molar-refractivity contribution in [2.75, 3.05) is 6.61 Å². The van der Waals surface area contributed by atoms with E-state index in [-0.39, 0.29) is 12.4 Å². The molecule has 0 amide bonds. The summed E-state index contributed by atoms with van der Waals surface area (Å²) in [6.45, 7) is 2.43. The first kappa shape index (κ1) is 17.0. The van der Waals surface area contributed by atoms with Crippen LogP contribution in [0.1, 0.15) is 51.9 Å². The molecule has 5 heteroatoms. The molecule has 0 saturated heterocycles. The molecule has 0 spiro atoms. The Kier molecular flexibility index (Phi) is 5.03. The van der Waals surface area contributed by atoms with E-state index in [1.165, 1.54) is 0 Å². The number of aromatic nitrogens is 1. The smallest absolute Gasteiger partial charge is 0.354 e. The molecule has 0 aliphatic heterocycles.